The van der Waals surface area contributed by atoms with Gasteiger partial charge >= 0.3 is 5.97 Å². The van der Waals surface area contributed by atoms with Crippen molar-refractivity contribution in [1.29, 1.82) is 0 Å². The van der Waals surface area contributed by atoms with E-state index in [0.29, 0.717) is 24.5 Å². The molecule has 8 heteroatoms. The van der Waals surface area contributed by atoms with Gasteiger partial charge in [-0.05, 0) is 7.05 Å². The molecule has 1 aliphatic heterocycles. The lowest BCUT2D eigenvalue weighted by molar-refractivity contribution is 0.0601. The first-order valence-electron chi connectivity index (χ1n) is 7.05. The van der Waals surface area contributed by atoms with Crippen LogP contribution in [0.1, 0.15) is 21.0 Å². The smallest absolute Gasteiger partial charge is 0.351 e. The Balaban J connectivity index is 1.92. The molecule has 0 saturated carbocycles. The predicted molar refractivity (Wildman–Crippen MR) is 80.0 cm³/mol. The molecule has 2 rings (SSSR count). The lowest BCUT2D eigenvalue weighted by Gasteiger charge is -2.32. The van der Waals surface area contributed by atoms with Crippen LogP contribution < -0.4 is 4.74 Å². The monoisotopic (exact) mass is 334 g/mol. The Morgan fingerprint density at radius 1 is 1.36 bits per heavy atom. The lowest BCUT2D eigenvalue weighted by Crippen LogP contribution is -2.45. The van der Waals surface area contributed by atoms with Gasteiger partial charge < -0.3 is 14.4 Å². The number of rotatable bonds is 6. The highest BCUT2D eigenvalue weighted by molar-refractivity contribution is 7.14. The summed E-state index contributed by atoms with van der Waals surface area (Å²) in [5, 5.41) is 0. The summed E-state index contributed by atoms with van der Waals surface area (Å²) >= 11 is 0.717. The average Bonchev–Trinajstić information content (AvgIpc) is 2.93. The molecule has 0 bridgehead atoms. The van der Waals surface area contributed by atoms with Gasteiger partial charge in [0, 0.05) is 38.8 Å². The van der Waals surface area contributed by atoms with E-state index in [1.807, 2.05) is 0 Å². The van der Waals surface area contributed by atoms with Gasteiger partial charge in [0.15, 0.2) is 4.88 Å². The number of alkyl halides is 2. The second-order valence-corrected chi connectivity index (χ2v) is 6.21. The molecule has 0 aliphatic carbocycles. The van der Waals surface area contributed by atoms with Crippen LogP contribution in [-0.2, 0) is 4.74 Å². The number of thiophene rings is 1. The van der Waals surface area contributed by atoms with E-state index >= 15 is 0 Å². The van der Waals surface area contributed by atoms with Crippen LogP contribution in [0.3, 0.4) is 0 Å². The van der Waals surface area contributed by atoms with Crippen molar-refractivity contribution in [2.24, 2.45) is 0 Å². The zero-order valence-electron chi connectivity index (χ0n) is 12.7. The van der Waals surface area contributed by atoms with E-state index in [0.717, 1.165) is 26.2 Å². The van der Waals surface area contributed by atoms with Gasteiger partial charge in [-0.2, -0.15) is 0 Å². The Morgan fingerprint density at radius 3 is 2.64 bits per heavy atom. The number of piperazine rings is 1. The maximum atomic E-state index is 12.8. The fourth-order valence-corrected chi connectivity index (χ4v) is 3.07. The van der Waals surface area contributed by atoms with Crippen LogP contribution in [-0.4, -0.2) is 69.3 Å². The van der Waals surface area contributed by atoms with Crippen molar-refractivity contribution in [2.45, 2.75) is 6.43 Å². The lowest BCUT2D eigenvalue weighted by atomic mass is 10.3. The SMILES string of the molecule is COC(=O)c1sc(C(F)F)cc1OCCN1CCN(C)CC1. The molecule has 2 heterocycles. The van der Waals surface area contributed by atoms with Crippen molar-refractivity contribution in [3.8, 4) is 5.75 Å². The molecule has 0 aromatic carbocycles. The highest BCUT2D eigenvalue weighted by Gasteiger charge is 2.22. The molecule has 1 aromatic heterocycles. The van der Waals surface area contributed by atoms with Crippen LogP contribution in [0.4, 0.5) is 8.78 Å². The minimum atomic E-state index is -2.62. The Kier molecular flexibility index (Phi) is 6.10. The third kappa shape index (κ3) is 4.37. The van der Waals surface area contributed by atoms with Gasteiger partial charge in [0.1, 0.15) is 12.4 Å². The first-order chi connectivity index (χ1) is 10.5. The van der Waals surface area contributed by atoms with Gasteiger partial charge in [-0.3, -0.25) is 4.90 Å². The van der Waals surface area contributed by atoms with E-state index in [9.17, 15) is 13.6 Å². The molecule has 0 N–H and O–H groups in total. The van der Waals surface area contributed by atoms with Crippen molar-refractivity contribution in [3.05, 3.63) is 15.8 Å². The summed E-state index contributed by atoms with van der Waals surface area (Å²) in [6.45, 7) is 4.97. The summed E-state index contributed by atoms with van der Waals surface area (Å²) in [4.78, 5) is 16.0. The summed E-state index contributed by atoms with van der Waals surface area (Å²) in [5.41, 5.74) is 0. The maximum absolute atomic E-state index is 12.8. The van der Waals surface area contributed by atoms with Crippen LogP contribution in [0, 0.1) is 0 Å². The topological polar surface area (TPSA) is 42.0 Å². The van der Waals surface area contributed by atoms with Crippen molar-refractivity contribution in [1.82, 2.24) is 9.80 Å². The third-order valence-electron chi connectivity index (χ3n) is 3.56. The van der Waals surface area contributed by atoms with Gasteiger partial charge in [-0.1, -0.05) is 0 Å². The predicted octanol–water partition coefficient (Wildman–Crippen LogP) is 2.10. The second kappa shape index (κ2) is 7.85. The van der Waals surface area contributed by atoms with Crippen LogP contribution >= 0.6 is 11.3 Å². The molecule has 1 aliphatic rings. The number of carbonyl (C=O) groups excluding carboxylic acids is 1. The molecule has 0 unspecified atom stereocenters. The molecular formula is C14H20F2N2O3S. The summed E-state index contributed by atoms with van der Waals surface area (Å²) in [5.74, 6) is -0.465. The highest BCUT2D eigenvalue weighted by atomic mass is 32.1. The first kappa shape index (κ1) is 17.1. The Hall–Kier alpha value is -1.25. The Morgan fingerprint density at radius 2 is 2.05 bits per heavy atom. The minimum Gasteiger partial charge on any atom is -0.490 e. The first-order valence-corrected chi connectivity index (χ1v) is 7.86. The largest absolute Gasteiger partial charge is 0.490 e. The minimum absolute atomic E-state index is 0.0937. The van der Waals surface area contributed by atoms with E-state index in [2.05, 4.69) is 21.6 Å². The van der Waals surface area contributed by atoms with Gasteiger partial charge in [0.05, 0.1) is 12.0 Å². The number of halogens is 2. The zero-order chi connectivity index (χ0) is 16.1. The van der Waals surface area contributed by atoms with Gasteiger partial charge in [-0.25, -0.2) is 13.6 Å². The number of hydrogen-bond donors (Lipinski definition) is 0. The summed E-state index contributed by atoms with van der Waals surface area (Å²) in [6, 6.07) is 1.23. The Bertz CT molecular complexity index is 502. The number of ether oxygens (including phenoxy) is 2. The number of carbonyl (C=O) groups is 1. The maximum Gasteiger partial charge on any atom is 0.351 e. The van der Waals surface area contributed by atoms with Crippen molar-refractivity contribution < 1.29 is 23.0 Å². The molecule has 0 spiro atoms. The van der Waals surface area contributed by atoms with Gasteiger partial charge in [0.25, 0.3) is 6.43 Å². The molecule has 0 atom stereocenters. The normalized spacial score (nSPS) is 17.0. The van der Waals surface area contributed by atoms with Crippen molar-refractivity contribution in [3.63, 3.8) is 0 Å². The Labute approximate surface area is 132 Å². The molecule has 124 valence electrons. The number of likely N-dealkylation sites (N-methyl/N-ethyl adjacent to an activating group) is 1. The van der Waals surface area contributed by atoms with Crippen LogP contribution in [0.15, 0.2) is 6.07 Å². The average molecular weight is 334 g/mol. The fourth-order valence-electron chi connectivity index (χ4n) is 2.20. The highest BCUT2D eigenvalue weighted by Crippen LogP contribution is 2.35. The van der Waals surface area contributed by atoms with Crippen LogP contribution in [0.25, 0.3) is 0 Å². The van der Waals surface area contributed by atoms with Crippen LogP contribution in [0.5, 0.6) is 5.75 Å². The molecule has 0 radical (unpaired) electrons. The molecule has 1 fully saturated rings. The van der Waals surface area contributed by atoms with E-state index in [-0.39, 0.29) is 15.5 Å². The molecule has 1 aromatic rings. The summed E-state index contributed by atoms with van der Waals surface area (Å²) in [7, 11) is 3.30. The number of nitrogens with zero attached hydrogens (tertiary/aromatic N) is 2. The molecule has 5 nitrogen and oxygen atoms in total. The van der Waals surface area contributed by atoms with Crippen molar-refractivity contribution >= 4 is 17.3 Å². The van der Waals surface area contributed by atoms with Crippen LogP contribution in [0.2, 0.25) is 0 Å². The quantitative estimate of drug-likeness (QED) is 0.745. The van der Waals surface area contributed by atoms with Gasteiger partial charge in [0.2, 0.25) is 0 Å². The number of esters is 1. The summed E-state index contributed by atoms with van der Waals surface area (Å²) < 4.78 is 35.7. The van der Waals surface area contributed by atoms with Crippen molar-refractivity contribution in [2.75, 3.05) is 53.5 Å². The summed E-state index contributed by atoms with van der Waals surface area (Å²) in [6.07, 6.45) is -2.62. The molecule has 1 saturated heterocycles. The molecular weight excluding hydrogens is 314 g/mol. The van der Waals surface area contributed by atoms with E-state index in [1.165, 1.54) is 13.2 Å². The van der Waals surface area contributed by atoms with E-state index in [4.69, 9.17) is 4.74 Å². The third-order valence-corrected chi connectivity index (χ3v) is 4.67. The van der Waals surface area contributed by atoms with E-state index in [1.54, 1.807) is 0 Å². The molecule has 0 amide bonds. The zero-order valence-corrected chi connectivity index (χ0v) is 13.5. The van der Waals surface area contributed by atoms with Gasteiger partial charge in [-0.15, -0.1) is 11.3 Å². The second-order valence-electron chi connectivity index (χ2n) is 5.13. The molecule has 22 heavy (non-hydrogen) atoms. The fraction of sp³-hybridized carbons (Fsp3) is 0.643. The number of methoxy groups -OCH3 is 1. The standard InChI is InChI=1S/C14H20F2N2O3S/c1-17-3-5-18(6-4-17)7-8-21-10-9-11(13(15)16)22-12(10)14(19)20-2/h9,13H,3-8H2,1-2H3. The van der Waals surface area contributed by atoms with E-state index < -0.39 is 12.4 Å². The number of hydrogen-bond acceptors (Lipinski definition) is 6.